The lowest BCUT2D eigenvalue weighted by Gasteiger charge is -2.25. The molecule has 4 aromatic rings. The molecule has 1 N–H and O–H groups in total. The minimum absolute atomic E-state index is 0.183. The smallest absolute Gasteiger partial charge is 0.338 e. The summed E-state index contributed by atoms with van der Waals surface area (Å²) in [5.74, 6) is -0.521. The van der Waals surface area contributed by atoms with Gasteiger partial charge < -0.3 is 14.3 Å². The van der Waals surface area contributed by atoms with Gasteiger partial charge in [0.15, 0.2) is 4.80 Å². The van der Waals surface area contributed by atoms with Crippen molar-refractivity contribution in [3.05, 3.63) is 115 Å². The number of carboxylic acid groups (broad SMARTS) is 1. The van der Waals surface area contributed by atoms with Crippen LogP contribution in [0.25, 0.3) is 17.4 Å². The molecule has 2 aromatic carbocycles. The van der Waals surface area contributed by atoms with Crippen LogP contribution in [0, 0.1) is 0 Å². The molecular formula is C28H22N2O6S. The Labute approximate surface area is 215 Å². The second-order valence-electron chi connectivity index (χ2n) is 8.28. The highest BCUT2D eigenvalue weighted by Gasteiger charge is 2.33. The SMILES string of the molecule is CCC1=C(C(=O)OC)[C@H](c2ccccc2)n2c(s/c(=C\c3ccc(-c4ccc(C(=O)O)cc4)o3)c2=O)=N1. The van der Waals surface area contributed by atoms with Gasteiger partial charge >= 0.3 is 11.9 Å². The Morgan fingerprint density at radius 1 is 1.11 bits per heavy atom. The number of carboxylic acids is 1. The van der Waals surface area contributed by atoms with Gasteiger partial charge in [0, 0.05) is 11.6 Å². The van der Waals surface area contributed by atoms with Gasteiger partial charge in [-0.15, -0.1) is 0 Å². The molecule has 186 valence electrons. The van der Waals surface area contributed by atoms with Crippen LogP contribution in [0.2, 0.25) is 0 Å². The Bertz CT molecular complexity index is 1710. The number of aromatic nitrogens is 1. The van der Waals surface area contributed by atoms with Gasteiger partial charge in [-0.2, -0.15) is 0 Å². The zero-order valence-corrected chi connectivity index (χ0v) is 20.8. The molecule has 0 bridgehead atoms. The predicted octanol–water partition coefficient (Wildman–Crippen LogP) is 3.76. The van der Waals surface area contributed by atoms with Gasteiger partial charge in [0.2, 0.25) is 0 Å². The van der Waals surface area contributed by atoms with Crippen molar-refractivity contribution in [3.8, 4) is 11.3 Å². The highest BCUT2D eigenvalue weighted by Crippen LogP contribution is 2.31. The molecule has 0 amide bonds. The molecule has 0 spiro atoms. The van der Waals surface area contributed by atoms with E-state index >= 15 is 0 Å². The first kappa shape index (κ1) is 24.2. The summed E-state index contributed by atoms with van der Waals surface area (Å²) in [6.45, 7) is 1.91. The summed E-state index contributed by atoms with van der Waals surface area (Å²) in [5, 5.41) is 9.10. The van der Waals surface area contributed by atoms with Crippen molar-refractivity contribution >= 4 is 29.4 Å². The number of ether oxygens (including phenoxy) is 1. The third kappa shape index (κ3) is 4.45. The Hall–Kier alpha value is -4.50. The molecule has 8 nitrogen and oxygen atoms in total. The maximum atomic E-state index is 13.6. The van der Waals surface area contributed by atoms with Crippen molar-refractivity contribution in [3.63, 3.8) is 0 Å². The topological polar surface area (TPSA) is 111 Å². The van der Waals surface area contributed by atoms with Gasteiger partial charge in [-0.25, -0.2) is 14.6 Å². The van der Waals surface area contributed by atoms with Crippen molar-refractivity contribution in [2.75, 3.05) is 7.11 Å². The van der Waals surface area contributed by atoms with E-state index in [2.05, 4.69) is 4.99 Å². The van der Waals surface area contributed by atoms with Crippen LogP contribution in [-0.2, 0) is 9.53 Å². The lowest BCUT2D eigenvalue weighted by Crippen LogP contribution is -2.40. The first-order chi connectivity index (χ1) is 17.9. The molecular weight excluding hydrogens is 492 g/mol. The summed E-state index contributed by atoms with van der Waals surface area (Å²) in [6.07, 6.45) is 2.15. The van der Waals surface area contributed by atoms with Crippen LogP contribution in [0.1, 0.15) is 41.1 Å². The summed E-state index contributed by atoms with van der Waals surface area (Å²) in [7, 11) is 1.32. The zero-order valence-electron chi connectivity index (χ0n) is 20.0. The number of nitrogens with zero attached hydrogens (tertiary/aromatic N) is 2. The number of carbonyl (C=O) groups is 2. The molecule has 3 heterocycles. The largest absolute Gasteiger partial charge is 0.478 e. The minimum atomic E-state index is -1.00. The highest BCUT2D eigenvalue weighted by molar-refractivity contribution is 7.07. The molecule has 1 atom stereocenters. The summed E-state index contributed by atoms with van der Waals surface area (Å²) in [5.41, 5.74) is 2.31. The summed E-state index contributed by atoms with van der Waals surface area (Å²) in [6, 6.07) is 18.5. The van der Waals surface area contributed by atoms with E-state index in [1.165, 1.54) is 35.1 Å². The molecule has 9 heteroatoms. The number of esters is 1. The molecule has 37 heavy (non-hydrogen) atoms. The van der Waals surface area contributed by atoms with E-state index < -0.39 is 18.0 Å². The van der Waals surface area contributed by atoms with Crippen molar-refractivity contribution < 1.29 is 23.8 Å². The van der Waals surface area contributed by atoms with E-state index in [1.807, 2.05) is 37.3 Å². The average Bonchev–Trinajstić information content (AvgIpc) is 3.52. The molecule has 0 aliphatic carbocycles. The number of rotatable bonds is 6. The Morgan fingerprint density at radius 2 is 1.84 bits per heavy atom. The van der Waals surface area contributed by atoms with Gasteiger partial charge in [-0.1, -0.05) is 60.7 Å². The normalized spacial score (nSPS) is 15.3. The molecule has 0 saturated heterocycles. The van der Waals surface area contributed by atoms with E-state index in [-0.39, 0.29) is 11.1 Å². The third-order valence-electron chi connectivity index (χ3n) is 6.08. The Morgan fingerprint density at radius 3 is 2.49 bits per heavy atom. The van der Waals surface area contributed by atoms with Crippen LogP contribution in [0.5, 0.6) is 0 Å². The number of allylic oxidation sites excluding steroid dienone is 1. The van der Waals surface area contributed by atoms with Crippen molar-refractivity contribution in [1.82, 2.24) is 4.57 Å². The number of fused-ring (bicyclic) bond motifs is 1. The molecule has 2 aromatic heterocycles. The third-order valence-corrected chi connectivity index (χ3v) is 7.07. The molecule has 0 unspecified atom stereocenters. The van der Waals surface area contributed by atoms with E-state index in [0.717, 1.165) is 5.56 Å². The van der Waals surface area contributed by atoms with Crippen LogP contribution in [0.15, 0.2) is 92.2 Å². The molecule has 1 aliphatic heterocycles. The highest BCUT2D eigenvalue weighted by atomic mass is 32.1. The summed E-state index contributed by atoms with van der Waals surface area (Å²) < 4.78 is 12.9. The molecule has 0 saturated carbocycles. The summed E-state index contributed by atoms with van der Waals surface area (Å²) in [4.78, 5) is 42.7. The van der Waals surface area contributed by atoms with Gasteiger partial charge in [0.1, 0.15) is 11.5 Å². The zero-order chi connectivity index (χ0) is 26.1. The standard InChI is InChI=1S/C28H22N2O6S/c1-3-20-23(27(34)35-2)24(17-7-5-4-6-8-17)30-25(31)22(37-28(30)29-20)15-19-13-14-21(36-19)16-9-11-18(12-10-16)26(32)33/h4-15,24H,3H2,1-2H3,(H,32,33)/b22-15-/t24-/m0/s1. The lowest BCUT2D eigenvalue weighted by molar-refractivity contribution is -0.136. The van der Waals surface area contributed by atoms with Crippen molar-refractivity contribution in [1.29, 1.82) is 0 Å². The van der Waals surface area contributed by atoms with Gasteiger partial charge in [0.25, 0.3) is 5.56 Å². The fourth-order valence-corrected chi connectivity index (χ4v) is 5.31. The average molecular weight is 515 g/mol. The van der Waals surface area contributed by atoms with Crippen molar-refractivity contribution in [2.45, 2.75) is 19.4 Å². The number of thiazole rings is 1. The number of hydrogen-bond acceptors (Lipinski definition) is 7. The van der Waals surface area contributed by atoms with Crippen LogP contribution in [-0.4, -0.2) is 28.7 Å². The van der Waals surface area contributed by atoms with Crippen LogP contribution < -0.4 is 14.9 Å². The molecule has 0 fully saturated rings. The van der Waals surface area contributed by atoms with E-state index in [1.54, 1.807) is 30.3 Å². The Balaban J connectivity index is 1.61. The quantitative estimate of drug-likeness (QED) is 0.392. The van der Waals surface area contributed by atoms with Crippen molar-refractivity contribution in [2.24, 2.45) is 4.99 Å². The number of methoxy groups -OCH3 is 1. The number of carbonyl (C=O) groups excluding carboxylic acids is 1. The number of hydrogen-bond donors (Lipinski definition) is 1. The molecule has 1 aliphatic rings. The van der Waals surface area contributed by atoms with Crippen LogP contribution in [0.4, 0.5) is 0 Å². The predicted molar refractivity (Wildman–Crippen MR) is 138 cm³/mol. The minimum Gasteiger partial charge on any atom is -0.478 e. The fourth-order valence-electron chi connectivity index (χ4n) is 4.31. The maximum Gasteiger partial charge on any atom is 0.338 e. The second kappa shape index (κ2) is 9.87. The van der Waals surface area contributed by atoms with Gasteiger partial charge in [-0.05, 0) is 36.2 Å². The van der Waals surface area contributed by atoms with Crippen LogP contribution >= 0.6 is 11.3 Å². The monoisotopic (exact) mass is 514 g/mol. The number of aromatic carboxylic acids is 1. The maximum absolute atomic E-state index is 13.6. The first-order valence-corrected chi connectivity index (χ1v) is 12.3. The number of furan rings is 1. The van der Waals surface area contributed by atoms with E-state index in [4.69, 9.17) is 14.3 Å². The van der Waals surface area contributed by atoms with Gasteiger partial charge in [-0.3, -0.25) is 9.36 Å². The second-order valence-corrected chi connectivity index (χ2v) is 9.29. The lowest BCUT2D eigenvalue weighted by atomic mass is 9.95. The van der Waals surface area contributed by atoms with Gasteiger partial charge in [0.05, 0.1) is 34.5 Å². The van der Waals surface area contributed by atoms with E-state index in [0.29, 0.717) is 44.1 Å². The molecule has 5 rings (SSSR count). The first-order valence-electron chi connectivity index (χ1n) is 11.5. The summed E-state index contributed by atoms with van der Waals surface area (Å²) >= 11 is 1.22. The van der Waals surface area contributed by atoms with Crippen LogP contribution in [0.3, 0.4) is 0 Å². The number of benzene rings is 2. The van der Waals surface area contributed by atoms with E-state index in [9.17, 15) is 14.4 Å². The fraction of sp³-hybridized carbons (Fsp3) is 0.143. The Kier molecular flexibility index (Phi) is 6.45. The molecule has 0 radical (unpaired) electrons.